The maximum atomic E-state index is 13.0. The topological polar surface area (TPSA) is 59.2 Å². The minimum Gasteiger partial charge on any atom is -0.493 e. The fourth-order valence-electron chi connectivity index (χ4n) is 2.36. The van der Waals surface area contributed by atoms with Gasteiger partial charge in [-0.2, -0.15) is 13.2 Å². The number of aromatic nitrogens is 2. The van der Waals surface area contributed by atoms with Gasteiger partial charge in [-0.15, -0.1) is 0 Å². The first-order valence-electron chi connectivity index (χ1n) is 6.97. The number of nitrogens with one attached hydrogen (secondary N) is 2. The second-order valence-electron chi connectivity index (χ2n) is 4.98. The SMILES string of the molecule is COc1cc2nc(Nc3ccccc3C(F)(F)F)[nH]c2cc1OC. The average molecular weight is 337 g/mol. The Labute approximate surface area is 135 Å². The molecule has 0 aliphatic heterocycles. The molecule has 8 heteroatoms. The first-order chi connectivity index (χ1) is 11.4. The van der Waals surface area contributed by atoms with Crippen LogP contribution in [0.2, 0.25) is 0 Å². The summed E-state index contributed by atoms with van der Waals surface area (Å²) in [6, 6.07) is 8.52. The number of rotatable bonds is 4. The zero-order chi connectivity index (χ0) is 17.3. The van der Waals surface area contributed by atoms with E-state index < -0.39 is 11.7 Å². The van der Waals surface area contributed by atoms with Crippen LogP contribution in [0, 0.1) is 0 Å². The van der Waals surface area contributed by atoms with Crippen LogP contribution < -0.4 is 14.8 Å². The number of anilines is 2. The van der Waals surface area contributed by atoms with Crippen molar-refractivity contribution in [2.45, 2.75) is 6.18 Å². The third-order valence-electron chi connectivity index (χ3n) is 3.47. The second kappa shape index (κ2) is 5.95. The number of para-hydroxylation sites is 1. The lowest BCUT2D eigenvalue weighted by Crippen LogP contribution is -2.08. The smallest absolute Gasteiger partial charge is 0.418 e. The molecule has 0 saturated heterocycles. The van der Waals surface area contributed by atoms with Crippen molar-refractivity contribution in [3.8, 4) is 11.5 Å². The molecule has 0 atom stereocenters. The number of fused-ring (bicyclic) bond motifs is 1. The predicted octanol–water partition coefficient (Wildman–Crippen LogP) is 4.34. The summed E-state index contributed by atoms with van der Waals surface area (Å²) in [6.45, 7) is 0. The van der Waals surface area contributed by atoms with Crippen molar-refractivity contribution >= 4 is 22.7 Å². The maximum absolute atomic E-state index is 13.0. The minimum absolute atomic E-state index is 0.0806. The summed E-state index contributed by atoms with van der Waals surface area (Å²) in [5.41, 5.74) is 0.308. The first kappa shape index (κ1) is 16.0. The molecular formula is C16H14F3N3O2. The van der Waals surface area contributed by atoms with Crippen LogP contribution in [0.5, 0.6) is 11.5 Å². The number of nitrogens with zero attached hydrogens (tertiary/aromatic N) is 1. The van der Waals surface area contributed by atoms with Crippen molar-refractivity contribution in [2.24, 2.45) is 0 Å². The van der Waals surface area contributed by atoms with E-state index in [9.17, 15) is 13.2 Å². The molecule has 0 amide bonds. The van der Waals surface area contributed by atoms with Crippen molar-refractivity contribution in [1.29, 1.82) is 0 Å². The van der Waals surface area contributed by atoms with Crippen molar-refractivity contribution in [3.05, 3.63) is 42.0 Å². The Morgan fingerprint density at radius 3 is 2.38 bits per heavy atom. The molecule has 3 rings (SSSR count). The zero-order valence-corrected chi connectivity index (χ0v) is 12.9. The van der Waals surface area contributed by atoms with E-state index in [2.05, 4.69) is 15.3 Å². The highest BCUT2D eigenvalue weighted by Gasteiger charge is 2.33. The van der Waals surface area contributed by atoms with Gasteiger partial charge in [0.15, 0.2) is 11.5 Å². The second-order valence-corrected chi connectivity index (χ2v) is 4.98. The van der Waals surface area contributed by atoms with Crippen LogP contribution in [-0.4, -0.2) is 24.2 Å². The van der Waals surface area contributed by atoms with Crippen LogP contribution in [0.25, 0.3) is 11.0 Å². The van der Waals surface area contributed by atoms with Gasteiger partial charge in [-0.25, -0.2) is 4.98 Å². The largest absolute Gasteiger partial charge is 0.493 e. The van der Waals surface area contributed by atoms with Gasteiger partial charge in [-0.3, -0.25) is 0 Å². The van der Waals surface area contributed by atoms with Gasteiger partial charge < -0.3 is 19.8 Å². The fraction of sp³-hybridized carbons (Fsp3) is 0.188. The number of aromatic amines is 1. The molecule has 0 unspecified atom stereocenters. The van der Waals surface area contributed by atoms with Gasteiger partial charge in [0.05, 0.1) is 36.5 Å². The summed E-state index contributed by atoms with van der Waals surface area (Å²) in [4.78, 5) is 7.17. The van der Waals surface area contributed by atoms with E-state index in [1.807, 2.05) is 0 Å². The summed E-state index contributed by atoms with van der Waals surface area (Å²) in [7, 11) is 2.99. The molecule has 5 nitrogen and oxygen atoms in total. The van der Waals surface area contributed by atoms with E-state index >= 15 is 0 Å². The molecule has 2 N–H and O–H groups in total. The average Bonchev–Trinajstić information content (AvgIpc) is 2.94. The third kappa shape index (κ3) is 2.94. The van der Waals surface area contributed by atoms with Gasteiger partial charge >= 0.3 is 6.18 Å². The predicted molar refractivity (Wildman–Crippen MR) is 83.9 cm³/mol. The third-order valence-corrected chi connectivity index (χ3v) is 3.47. The lowest BCUT2D eigenvalue weighted by Gasteiger charge is -2.12. The lowest BCUT2D eigenvalue weighted by molar-refractivity contribution is -0.136. The molecular weight excluding hydrogens is 323 g/mol. The van der Waals surface area contributed by atoms with E-state index in [4.69, 9.17) is 9.47 Å². The first-order valence-corrected chi connectivity index (χ1v) is 6.97. The number of methoxy groups -OCH3 is 2. The number of imidazole rings is 1. The number of halogens is 3. The summed E-state index contributed by atoms with van der Waals surface area (Å²) >= 11 is 0. The maximum Gasteiger partial charge on any atom is 0.418 e. The molecule has 0 spiro atoms. The minimum atomic E-state index is -4.46. The van der Waals surface area contributed by atoms with Gasteiger partial charge in [0.1, 0.15) is 0 Å². The molecule has 0 bridgehead atoms. The molecule has 1 heterocycles. The lowest BCUT2D eigenvalue weighted by atomic mass is 10.1. The number of alkyl halides is 3. The number of H-pyrrole nitrogens is 1. The highest BCUT2D eigenvalue weighted by Crippen LogP contribution is 2.36. The van der Waals surface area contributed by atoms with Crippen molar-refractivity contribution in [3.63, 3.8) is 0 Å². The summed E-state index contributed by atoms with van der Waals surface area (Å²) in [5.74, 6) is 1.17. The highest BCUT2D eigenvalue weighted by atomic mass is 19.4. The van der Waals surface area contributed by atoms with Crippen molar-refractivity contribution in [1.82, 2.24) is 9.97 Å². The fourth-order valence-corrected chi connectivity index (χ4v) is 2.36. The molecule has 0 aliphatic carbocycles. The Morgan fingerprint density at radius 2 is 1.71 bits per heavy atom. The molecule has 1 aromatic heterocycles. The van der Waals surface area contributed by atoms with E-state index in [-0.39, 0.29) is 11.6 Å². The van der Waals surface area contributed by atoms with Crippen molar-refractivity contribution < 1.29 is 22.6 Å². The summed E-state index contributed by atoms with van der Waals surface area (Å²) in [5, 5.41) is 2.68. The quantitative estimate of drug-likeness (QED) is 0.743. The Hall–Kier alpha value is -2.90. The van der Waals surface area contributed by atoms with Crippen LogP contribution in [0.3, 0.4) is 0 Å². The van der Waals surface area contributed by atoms with Gasteiger partial charge in [-0.1, -0.05) is 12.1 Å². The van der Waals surface area contributed by atoms with E-state index in [1.54, 1.807) is 12.1 Å². The van der Waals surface area contributed by atoms with Crippen LogP contribution in [0.4, 0.5) is 24.8 Å². The highest BCUT2D eigenvalue weighted by molar-refractivity contribution is 5.82. The molecule has 3 aromatic rings. The van der Waals surface area contributed by atoms with E-state index in [1.165, 1.54) is 32.4 Å². The number of hydrogen-bond acceptors (Lipinski definition) is 4. The van der Waals surface area contributed by atoms with Gasteiger partial charge in [0.2, 0.25) is 5.95 Å². The number of benzene rings is 2. The Bertz CT molecular complexity index is 834. The molecule has 2 aromatic carbocycles. The number of hydrogen-bond donors (Lipinski definition) is 2. The van der Waals surface area contributed by atoms with Crippen LogP contribution >= 0.6 is 0 Å². The van der Waals surface area contributed by atoms with Crippen molar-refractivity contribution in [2.75, 3.05) is 19.5 Å². The summed E-state index contributed by atoms with van der Waals surface area (Å²) in [6.07, 6.45) is -4.46. The Balaban J connectivity index is 2.00. The van der Waals surface area contributed by atoms with E-state index in [0.717, 1.165) is 6.07 Å². The monoisotopic (exact) mass is 337 g/mol. The van der Waals surface area contributed by atoms with Gasteiger partial charge in [0, 0.05) is 12.1 Å². The van der Waals surface area contributed by atoms with Crippen LogP contribution in [0.1, 0.15) is 5.56 Å². The van der Waals surface area contributed by atoms with Crippen LogP contribution in [-0.2, 0) is 6.18 Å². The molecule has 126 valence electrons. The Morgan fingerprint density at radius 1 is 1.04 bits per heavy atom. The zero-order valence-electron chi connectivity index (χ0n) is 12.9. The van der Waals surface area contributed by atoms with Crippen LogP contribution in [0.15, 0.2) is 36.4 Å². The molecule has 0 fully saturated rings. The van der Waals surface area contributed by atoms with Gasteiger partial charge in [-0.05, 0) is 12.1 Å². The van der Waals surface area contributed by atoms with Gasteiger partial charge in [0.25, 0.3) is 0 Å². The molecule has 0 aliphatic rings. The molecule has 24 heavy (non-hydrogen) atoms. The summed E-state index contributed by atoms with van der Waals surface area (Å²) < 4.78 is 49.5. The Kier molecular flexibility index (Phi) is 3.96. The standard InChI is InChI=1S/C16H14F3N3O2/c1-23-13-7-11-12(8-14(13)24-2)22-15(21-11)20-10-6-4-3-5-9(10)16(17,18)19/h3-8H,1-2H3,(H2,20,21,22). The molecule has 0 radical (unpaired) electrons. The molecule has 0 saturated carbocycles. The number of ether oxygens (including phenoxy) is 2. The van der Waals surface area contributed by atoms with E-state index in [0.29, 0.717) is 22.5 Å². The normalized spacial score (nSPS) is 11.5.